The topological polar surface area (TPSA) is 62.3 Å². The normalized spacial score (nSPS) is 9.62. The summed E-state index contributed by atoms with van der Waals surface area (Å²) in [5, 5.41) is 2.56. The summed E-state index contributed by atoms with van der Waals surface area (Å²) >= 11 is 0. The maximum atomic E-state index is 11.2. The van der Waals surface area contributed by atoms with Crippen molar-refractivity contribution in [3.8, 4) is 0 Å². The summed E-state index contributed by atoms with van der Waals surface area (Å²) in [6.45, 7) is 2.89. The van der Waals surface area contributed by atoms with Crippen molar-refractivity contribution in [2.45, 2.75) is 6.92 Å². The maximum absolute atomic E-state index is 11.2. The van der Waals surface area contributed by atoms with E-state index in [2.05, 4.69) is 10.3 Å². The number of hydrogen-bond donors (Lipinski definition) is 1. The highest BCUT2D eigenvalue weighted by atomic mass is 16.2. The molecular formula is C11H15N3O2. The van der Waals surface area contributed by atoms with Gasteiger partial charge in [0, 0.05) is 25.4 Å². The molecule has 1 rings (SSSR count). The fourth-order valence-corrected chi connectivity index (χ4v) is 1.26. The van der Waals surface area contributed by atoms with Gasteiger partial charge in [-0.25, -0.2) is 4.98 Å². The first-order valence-electron chi connectivity index (χ1n) is 5.08. The largest absolute Gasteiger partial charge is 0.358 e. The lowest BCUT2D eigenvalue weighted by Gasteiger charge is -2.20. The van der Waals surface area contributed by atoms with Crippen LogP contribution in [0.25, 0.3) is 0 Å². The zero-order valence-corrected chi connectivity index (χ0v) is 9.43. The van der Waals surface area contributed by atoms with E-state index in [-0.39, 0.29) is 12.5 Å². The maximum Gasteiger partial charge on any atom is 0.239 e. The van der Waals surface area contributed by atoms with Gasteiger partial charge in [-0.2, -0.15) is 0 Å². The molecule has 0 saturated carbocycles. The number of rotatable bonds is 5. The SMILES string of the molecule is CCN(CC(=O)NC)c1ccc(C=O)cn1. The molecule has 0 radical (unpaired) electrons. The second-order valence-electron chi connectivity index (χ2n) is 3.25. The van der Waals surface area contributed by atoms with Crippen LogP contribution in [0.4, 0.5) is 5.82 Å². The molecule has 0 bridgehead atoms. The van der Waals surface area contributed by atoms with Crippen molar-refractivity contribution in [3.63, 3.8) is 0 Å². The Bertz CT molecular complexity index is 362. The molecule has 1 amide bonds. The Labute approximate surface area is 94.5 Å². The molecule has 0 aliphatic rings. The molecule has 0 saturated heterocycles. The highest BCUT2D eigenvalue weighted by molar-refractivity contribution is 5.81. The van der Waals surface area contributed by atoms with Gasteiger partial charge < -0.3 is 10.2 Å². The van der Waals surface area contributed by atoms with E-state index in [9.17, 15) is 9.59 Å². The van der Waals surface area contributed by atoms with E-state index >= 15 is 0 Å². The number of aromatic nitrogens is 1. The van der Waals surface area contributed by atoms with E-state index in [0.717, 1.165) is 6.29 Å². The summed E-state index contributed by atoms with van der Waals surface area (Å²) in [4.78, 5) is 27.7. The van der Waals surface area contributed by atoms with Crippen LogP contribution in [-0.2, 0) is 4.79 Å². The molecule has 0 aliphatic heterocycles. The monoisotopic (exact) mass is 221 g/mol. The van der Waals surface area contributed by atoms with Gasteiger partial charge >= 0.3 is 0 Å². The van der Waals surface area contributed by atoms with Gasteiger partial charge in [0.25, 0.3) is 0 Å². The number of hydrogen-bond acceptors (Lipinski definition) is 4. The van der Waals surface area contributed by atoms with E-state index in [0.29, 0.717) is 17.9 Å². The van der Waals surface area contributed by atoms with Crippen LogP contribution in [-0.4, -0.2) is 37.3 Å². The molecule has 0 atom stereocenters. The summed E-state index contributed by atoms with van der Waals surface area (Å²) < 4.78 is 0. The summed E-state index contributed by atoms with van der Waals surface area (Å²) in [5.74, 6) is 0.625. The molecule has 1 heterocycles. The summed E-state index contributed by atoms with van der Waals surface area (Å²) in [5.41, 5.74) is 0.528. The van der Waals surface area contributed by atoms with Crippen LogP contribution in [0.3, 0.4) is 0 Å². The third-order valence-electron chi connectivity index (χ3n) is 2.23. The van der Waals surface area contributed by atoms with E-state index in [1.807, 2.05) is 11.8 Å². The Hall–Kier alpha value is -1.91. The van der Waals surface area contributed by atoms with Gasteiger partial charge in [0.05, 0.1) is 6.54 Å². The van der Waals surface area contributed by atoms with Crippen LogP contribution >= 0.6 is 0 Å². The number of nitrogens with one attached hydrogen (secondary N) is 1. The van der Waals surface area contributed by atoms with Crippen molar-refractivity contribution in [2.24, 2.45) is 0 Å². The third-order valence-corrected chi connectivity index (χ3v) is 2.23. The van der Waals surface area contributed by atoms with Gasteiger partial charge in [0.1, 0.15) is 5.82 Å². The fourth-order valence-electron chi connectivity index (χ4n) is 1.26. The van der Waals surface area contributed by atoms with Crippen molar-refractivity contribution in [2.75, 3.05) is 25.0 Å². The Morgan fingerprint density at radius 2 is 2.31 bits per heavy atom. The molecule has 5 heteroatoms. The molecule has 0 aromatic carbocycles. The summed E-state index contributed by atoms with van der Waals surface area (Å²) in [6.07, 6.45) is 2.24. The van der Waals surface area contributed by atoms with Crippen LogP contribution in [0.1, 0.15) is 17.3 Å². The zero-order chi connectivity index (χ0) is 12.0. The number of amides is 1. The highest BCUT2D eigenvalue weighted by Crippen LogP contribution is 2.09. The van der Waals surface area contributed by atoms with Crippen molar-refractivity contribution in [1.82, 2.24) is 10.3 Å². The van der Waals surface area contributed by atoms with Gasteiger partial charge in [-0.3, -0.25) is 9.59 Å². The first-order chi connectivity index (χ1) is 7.71. The third kappa shape index (κ3) is 3.05. The van der Waals surface area contributed by atoms with Crippen molar-refractivity contribution >= 4 is 18.0 Å². The molecule has 5 nitrogen and oxygen atoms in total. The minimum Gasteiger partial charge on any atom is -0.358 e. The highest BCUT2D eigenvalue weighted by Gasteiger charge is 2.09. The molecule has 1 N–H and O–H groups in total. The molecular weight excluding hydrogens is 206 g/mol. The van der Waals surface area contributed by atoms with Crippen molar-refractivity contribution in [1.29, 1.82) is 0 Å². The first kappa shape index (κ1) is 12.2. The lowest BCUT2D eigenvalue weighted by molar-refractivity contribution is -0.119. The summed E-state index contributed by atoms with van der Waals surface area (Å²) in [6, 6.07) is 3.41. The van der Waals surface area contributed by atoms with Crippen LogP contribution < -0.4 is 10.2 Å². The van der Waals surface area contributed by atoms with Crippen LogP contribution in [0, 0.1) is 0 Å². The lowest BCUT2D eigenvalue weighted by Crippen LogP contribution is -2.35. The van der Waals surface area contributed by atoms with E-state index < -0.39 is 0 Å². The van der Waals surface area contributed by atoms with Gasteiger partial charge in [-0.1, -0.05) is 0 Å². The van der Waals surface area contributed by atoms with Gasteiger partial charge in [0.2, 0.25) is 5.91 Å². The average Bonchev–Trinajstić information content (AvgIpc) is 2.35. The van der Waals surface area contributed by atoms with Gasteiger partial charge in [0.15, 0.2) is 6.29 Å². The van der Waals surface area contributed by atoms with Crippen molar-refractivity contribution in [3.05, 3.63) is 23.9 Å². The van der Waals surface area contributed by atoms with E-state index in [1.54, 1.807) is 19.2 Å². The average molecular weight is 221 g/mol. The molecule has 1 aromatic rings. The molecule has 1 aromatic heterocycles. The quantitative estimate of drug-likeness (QED) is 0.734. The lowest BCUT2D eigenvalue weighted by atomic mass is 10.3. The Kier molecular flexibility index (Phi) is 4.44. The smallest absolute Gasteiger partial charge is 0.239 e. The Morgan fingerprint density at radius 3 is 2.75 bits per heavy atom. The first-order valence-corrected chi connectivity index (χ1v) is 5.08. The Balaban J connectivity index is 2.78. The minimum absolute atomic E-state index is 0.0666. The molecule has 0 fully saturated rings. The van der Waals surface area contributed by atoms with E-state index in [4.69, 9.17) is 0 Å². The van der Waals surface area contributed by atoms with Gasteiger partial charge in [-0.05, 0) is 19.1 Å². The number of likely N-dealkylation sites (N-methyl/N-ethyl adjacent to an activating group) is 2. The number of nitrogens with zero attached hydrogens (tertiary/aromatic N) is 2. The number of aldehydes is 1. The van der Waals surface area contributed by atoms with E-state index in [1.165, 1.54) is 6.20 Å². The second kappa shape index (κ2) is 5.85. The summed E-state index contributed by atoms with van der Waals surface area (Å²) in [7, 11) is 1.60. The molecule has 0 spiro atoms. The Morgan fingerprint density at radius 1 is 1.56 bits per heavy atom. The number of anilines is 1. The van der Waals surface area contributed by atoms with Crippen molar-refractivity contribution < 1.29 is 9.59 Å². The van der Waals surface area contributed by atoms with Crippen LogP contribution in [0.15, 0.2) is 18.3 Å². The molecule has 0 aliphatic carbocycles. The zero-order valence-electron chi connectivity index (χ0n) is 9.43. The van der Waals surface area contributed by atoms with Crippen LogP contribution in [0.2, 0.25) is 0 Å². The number of carbonyl (C=O) groups is 2. The predicted molar refractivity (Wildman–Crippen MR) is 61.6 cm³/mol. The number of pyridine rings is 1. The molecule has 16 heavy (non-hydrogen) atoms. The fraction of sp³-hybridized carbons (Fsp3) is 0.364. The van der Waals surface area contributed by atoms with Gasteiger partial charge in [-0.15, -0.1) is 0 Å². The molecule has 86 valence electrons. The number of carbonyl (C=O) groups excluding carboxylic acids is 2. The molecule has 0 unspecified atom stereocenters. The standard InChI is InChI=1S/C11H15N3O2/c1-3-14(7-11(16)12-2)10-5-4-9(8-15)6-13-10/h4-6,8H,3,7H2,1-2H3,(H,12,16). The van der Waals surface area contributed by atoms with Crippen LogP contribution in [0.5, 0.6) is 0 Å². The minimum atomic E-state index is -0.0666. The second-order valence-corrected chi connectivity index (χ2v) is 3.25. The predicted octanol–water partition coefficient (Wildman–Crippen LogP) is 0.466.